The fourth-order valence-corrected chi connectivity index (χ4v) is 1.99. The Bertz CT molecular complexity index is 332. The first-order chi connectivity index (χ1) is 6.88. The third kappa shape index (κ3) is 2.14. The Labute approximate surface area is 86.0 Å². The van der Waals surface area contributed by atoms with Gasteiger partial charge in [0.05, 0.1) is 0 Å². The van der Waals surface area contributed by atoms with Gasteiger partial charge in [0.1, 0.15) is 0 Å². The van der Waals surface area contributed by atoms with E-state index in [1.807, 2.05) is 6.08 Å². The summed E-state index contributed by atoms with van der Waals surface area (Å²) in [6.45, 7) is 3.76. The first kappa shape index (κ1) is 9.26. The summed E-state index contributed by atoms with van der Waals surface area (Å²) in [5.74, 6) is 0.770. The van der Waals surface area contributed by atoms with Gasteiger partial charge in [-0.1, -0.05) is 48.1 Å². The predicted molar refractivity (Wildman–Crippen MR) is 61.2 cm³/mol. The zero-order valence-electron chi connectivity index (χ0n) is 8.45. The molecule has 1 aliphatic rings. The molecule has 0 saturated carbocycles. The van der Waals surface area contributed by atoms with Gasteiger partial charge >= 0.3 is 0 Å². The molecule has 0 amide bonds. The minimum Gasteiger partial charge on any atom is -0.103 e. The molecule has 0 saturated heterocycles. The van der Waals surface area contributed by atoms with Crippen molar-refractivity contribution in [2.24, 2.45) is 5.92 Å². The molecule has 0 radical (unpaired) electrons. The second-order valence-electron chi connectivity index (χ2n) is 3.98. The Morgan fingerprint density at radius 2 is 2.00 bits per heavy atom. The summed E-state index contributed by atoms with van der Waals surface area (Å²) in [6, 6.07) is 10.7. The van der Waals surface area contributed by atoms with Crippen LogP contribution in [0.3, 0.4) is 0 Å². The van der Waals surface area contributed by atoms with E-state index in [4.69, 9.17) is 0 Å². The van der Waals surface area contributed by atoms with E-state index in [9.17, 15) is 0 Å². The lowest BCUT2D eigenvalue weighted by Gasteiger charge is -2.24. The van der Waals surface area contributed by atoms with Crippen molar-refractivity contribution in [3.8, 4) is 0 Å². The van der Waals surface area contributed by atoms with Crippen LogP contribution in [-0.4, -0.2) is 0 Å². The van der Waals surface area contributed by atoms with Crippen LogP contribution >= 0.6 is 0 Å². The number of rotatable bonds is 4. The second-order valence-corrected chi connectivity index (χ2v) is 3.98. The summed E-state index contributed by atoms with van der Waals surface area (Å²) < 4.78 is 0. The average molecular weight is 184 g/mol. The van der Waals surface area contributed by atoms with Crippen LogP contribution in [0.25, 0.3) is 0 Å². The third-order valence-corrected chi connectivity index (χ3v) is 2.74. The molecule has 1 aliphatic carbocycles. The van der Waals surface area contributed by atoms with Crippen LogP contribution in [0.2, 0.25) is 0 Å². The maximum atomic E-state index is 3.76. The Morgan fingerprint density at radius 3 is 2.64 bits per heavy atom. The molecule has 72 valence electrons. The van der Waals surface area contributed by atoms with E-state index in [1.54, 1.807) is 5.57 Å². The summed E-state index contributed by atoms with van der Waals surface area (Å²) >= 11 is 0. The van der Waals surface area contributed by atoms with Gasteiger partial charge in [0, 0.05) is 0 Å². The molecule has 0 nitrogen and oxygen atoms in total. The van der Waals surface area contributed by atoms with Crippen LogP contribution in [0.4, 0.5) is 0 Å². The highest BCUT2D eigenvalue weighted by Crippen LogP contribution is 2.31. The molecule has 1 aromatic carbocycles. The van der Waals surface area contributed by atoms with E-state index >= 15 is 0 Å². The lowest BCUT2D eigenvalue weighted by atomic mass is 9.81. The van der Waals surface area contributed by atoms with Gasteiger partial charge in [-0.15, -0.1) is 6.58 Å². The van der Waals surface area contributed by atoms with Crippen molar-refractivity contribution in [1.29, 1.82) is 0 Å². The van der Waals surface area contributed by atoms with E-state index in [1.165, 1.54) is 12.0 Å². The summed E-state index contributed by atoms with van der Waals surface area (Å²) in [5, 5.41) is 0. The number of hydrogen-bond acceptors (Lipinski definition) is 0. The largest absolute Gasteiger partial charge is 0.103 e. The molecule has 0 heteroatoms. The standard InChI is InChI=1S/C14H16/c1-2-6-13-10-14(11-13)9-12-7-4-3-5-8-12/h2-5,7-8,10,13H,1,6,9,11H2. The highest BCUT2D eigenvalue weighted by Gasteiger charge is 2.17. The molecule has 1 aromatic rings. The Hall–Kier alpha value is -1.30. The normalized spacial score (nSPS) is 19.7. The minimum atomic E-state index is 0.770. The van der Waals surface area contributed by atoms with Crippen molar-refractivity contribution in [3.05, 3.63) is 60.2 Å². The highest BCUT2D eigenvalue weighted by atomic mass is 14.2. The first-order valence-electron chi connectivity index (χ1n) is 5.23. The average Bonchev–Trinajstić information content (AvgIpc) is 2.16. The van der Waals surface area contributed by atoms with Crippen molar-refractivity contribution in [2.75, 3.05) is 0 Å². The number of allylic oxidation sites excluding steroid dienone is 3. The monoisotopic (exact) mass is 184 g/mol. The van der Waals surface area contributed by atoms with Crippen LogP contribution in [0.5, 0.6) is 0 Å². The van der Waals surface area contributed by atoms with Gasteiger partial charge in [0.2, 0.25) is 0 Å². The Balaban J connectivity index is 1.90. The zero-order chi connectivity index (χ0) is 9.80. The predicted octanol–water partition coefficient (Wildman–Crippen LogP) is 3.75. The third-order valence-electron chi connectivity index (χ3n) is 2.74. The summed E-state index contributed by atoms with van der Waals surface area (Å²) in [7, 11) is 0. The van der Waals surface area contributed by atoms with E-state index < -0.39 is 0 Å². The fourth-order valence-electron chi connectivity index (χ4n) is 1.99. The van der Waals surface area contributed by atoms with Gasteiger partial charge in [-0.3, -0.25) is 0 Å². The van der Waals surface area contributed by atoms with Gasteiger partial charge in [0.15, 0.2) is 0 Å². The molecule has 0 heterocycles. The topological polar surface area (TPSA) is 0 Å². The summed E-state index contributed by atoms with van der Waals surface area (Å²) in [6.07, 6.45) is 7.95. The molecule has 0 bridgehead atoms. The molecular formula is C14H16. The van der Waals surface area contributed by atoms with E-state index in [-0.39, 0.29) is 0 Å². The van der Waals surface area contributed by atoms with Gasteiger partial charge < -0.3 is 0 Å². The molecule has 0 aromatic heterocycles. The first-order valence-corrected chi connectivity index (χ1v) is 5.23. The van der Waals surface area contributed by atoms with Crippen LogP contribution in [0.1, 0.15) is 18.4 Å². The summed E-state index contributed by atoms with van der Waals surface area (Å²) in [5.41, 5.74) is 3.01. The number of benzene rings is 1. The van der Waals surface area contributed by atoms with Crippen molar-refractivity contribution >= 4 is 0 Å². The Morgan fingerprint density at radius 1 is 1.29 bits per heavy atom. The second kappa shape index (κ2) is 4.28. The van der Waals surface area contributed by atoms with Crippen molar-refractivity contribution in [1.82, 2.24) is 0 Å². The van der Waals surface area contributed by atoms with Crippen LogP contribution in [0, 0.1) is 5.92 Å². The van der Waals surface area contributed by atoms with Crippen LogP contribution < -0.4 is 0 Å². The van der Waals surface area contributed by atoms with Gasteiger partial charge in [-0.25, -0.2) is 0 Å². The maximum Gasteiger partial charge on any atom is -0.00668 e. The molecule has 0 aliphatic heterocycles. The van der Waals surface area contributed by atoms with Crippen molar-refractivity contribution in [2.45, 2.75) is 19.3 Å². The smallest absolute Gasteiger partial charge is 0.00668 e. The molecule has 0 fully saturated rings. The molecular weight excluding hydrogens is 168 g/mol. The molecule has 1 unspecified atom stereocenters. The fraction of sp³-hybridized carbons (Fsp3) is 0.286. The minimum absolute atomic E-state index is 0.770. The molecule has 2 rings (SSSR count). The van der Waals surface area contributed by atoms with Gasteiger partial charge in [-0.2, -0.15) is 0 Å². The summed E-state index contributed by atoms with van der Waals surface area (Å²) in [4.78, 5) is 0. The van der Waals surface area contributed by atoms with Crippen molar-refractivity contribution in [3.63, 3.8) is 0 Å². The van der Waals surface area contributed by atoms with Crippen molar-refractivity contribution < 1.29 is 0 Å². The van der Waals surface area contributed by atoms with Gasteiger partial charge in [-0.05, 0) is 30.7 Å². The molecule has 14 heavy (non-hydrogen) atoms. The molecule has 0 N–H and O–H groups in total. The molecule has 0 spiro atoms. The SMILES string of the molecule is C=CCC1C=C(Cc2ccccc2)C1. The zero-order valence-corrected chi connectivity index (χ0v) is 8.45. The van der Waals surface area contributed by atoms with E-state index in [0.717, 1.165) is 18.8 Å². The van der Waals surface area contributed by atoms with Crippen LogP contribution in [-0.2, 0) is 6.42 Å². The lowest BCUT2D eigenvalue weighted by molar-refractivity contribution is 0.575. The van der Waals surface area contributed by atoms with E-state index in [0.29, 0.717) is 0 Å². The van der Waals surface area contributed by atoms with E-state index in [2.05, 4.69) is 43.0 Å². The number of hydrogen-bond donors (Lipinski definition) is 0. The quantitative estimate of drug-likeness (QED) is 0.625. The van der Waals surface area contributed by atoms with Crippen LogP contribution in [0.15, 0.2) is 54.6 Å². The molecule has 1 atom stereocenters. The van der Waals surface area contributed by atoms with Gasteiger partial charge in [0.25, 0.3) is 0 Å². The maximum absolute atomic E-state index is 3.76. The highest BCUT2D eigenvalue weighted by molar-refractivity contribution is 5.27. The lowest BCUT2D eigenvalue weighted by Crippen LogP contribution is -2.10. The Kier molecular flexibility index (Phi) is 2.83.